The van der Waals surface area contributed by atoms with Gasteiger partial charge in [-0.15, -0.1) is 12.4 Å². The number of nitrogens with zero attached hydrogens (tertiary/aromatic N) is 7. The van der Waals surface area contributed by atoms with E-state index in [1.165, 1.54) is 52.1 Å². The van der Waals surface area contributed by atoms with Gasteiger partial charge >= 0.3 is 6.18 Å². The summed E-state index contributed by atoms with van der Waals surface area (Å²) >= 11 is 0. The molecular formula is C31H33ClF4N8O2. The van der Waals surface area contributed by atoms with Crippen molar-refractivity contribution in [3.05, 3.63) is 60.1 Å². The first kappa shape index (κ1) is 31.8. The van der Waals surface area contributed by atoms with Crippen LogP contribution in [0.2, 0.25) is 0 Å². The number of nitrogens with one attached hydrogen (secondary N) is 1. The zero-order chi connectivity index (χ0) is 31.3. The molecule has 3 aromatic heterocycles. The molecule has 244 valence electrons. The third-order valence-electron chi connectivity index (χ3n) is 8.92. The Hall–Kier alpha value is -4.20. The number of fused-ring (bicyclic) bond motifs is 1. The molecule has 0 bridgehead atoms. The molecule has 0 radical (unpaired) electrons. The number of benzene rings is 1. The standard InChI is InChI=1S/C31H32F4N8O2.ClH/c32-24-15-21(7-8-22(24)30(45)41-13-11-40(12-14-41)29(44)20-3-1-2-4-20)38-27-28-37-16-25(43(28)10-9-36-27)23-18-42(17-19-5-6-19)39-26(23)31(33,34)35;/h7-10,15-16,18-20H,1-6,11-14,17H2,(H,36,38);1H. The van der Waals surface area contributed by atoms with Gasteiger partial charge in [-0.05, 0) is 49.8 Å². The average molecular weight is 661 g/mol. The molecular weight excluding hydrogens is 628 g/mol. The number of carbonyl (C=O) groups excluding carboxylic acids is 2. The number of aromatic nitrogens is 5. The predicted molar refractivity (Wildman–Crippen MR) is 163 cm³/mol. The van der Waals surface area contributed by atoms with E-state index in [9.17, 15) is 22.8 Å². The van der Waals surface area contributed by atoms with E-state index in [4.69, 9.17) is 0 Å². The van der Waals surface area contributed by atoms with Crippen LogP contribution in [0.1, 0.15) is 54.6 Å². The molecule has 46 heavy (non-hydrogen) atoms. The smallest absolute Gasteiger partial charge is 0.339 e. The van der Waals surface area contributed by atoms with Gasteiger partial charge in [0.1, 0.15) is 5.82 Å². The van der Waals surface area contributed by atoms with Gasteiger partial charge in [0.15, 0.2) is 17.2 Å². The van der Waals surface area contributed by atoms with Crippen molar-refractivity contribution < 1.29 is 27.2 Å². The van der Waals surface area contributed by atoms with Crippen molar-refractivity contribution in [2.75, 3.05) is 31.5 Å². The van der Waals surface area contributed by atoms with Gasteiger partial charge in [-0.25, -0.2) is 14.4 Å². The van der Waals surface area contributed by atoms with Crippen LogP contribution in [0.3, 0.4) is 0 Å². The maximum absolute atomic E-state index is 15.3. The summed E-state index contributed by atoms with van der Waals surface area (Å²) in [6.07, 6.45) is 6.92. The van der Waals surface area contributed by atoms with E-state index in [1.54, 1.807) is 4.90 Å². The van der Waals surface area contributed by atoms with Crippen LogP contribution in [0.25, 0.3) is 16.9 Å². The molecule has 1 saturated heterocycles. The highest BCUT2D eigenvalue weighted by Gasteiger charge is 2.39. The normalized spacial score (nSPS) is 17.4. The Morgan fingerprint density at radius 2 is 1.70 bits per heavy atom. The molecule has 1 aliphatic heterocycles. The Labute approximate surface area is 268 Å². The Morgan fingerprint density at radius 1 is 0.978 bits per heavy atom. The lowest BCUT2D eigenvalue weighted by atomic mass is 10.1. The fraction of sp³-hybridized carbons (Fsp3) is 0.452. The number of carbonyl (C=O) groups is 2. The van der Waals surface area contributed by atoms with Gasteiger partial charge in [0, 0.05) is 62.9 Å². The number of rotatable bonds is 7. The van der Waals surface area contributed by atoms with Crippen LogP contribution in [0.5, 0.6) is 0 Å². The second-order valence-corrected chi connectivity index (χ2v) is 12.1. The van der Waals surface area contributed by atoms with E-state index >= 15 is 4.39 Å². The molecule has 1 N–H and O–H groups in total. The molecule has 3 aliphatic rings. The van der Waals surface area contributed by atoms with Gasteiger partial charge < -0.3 is 15.1 Å². The maximum Gasteiger partial charge on any atom is 0.435 e. The summed E-state index contributed by atoms with van der Waals surface area (Å²) in [5.41, 5.74) is -0.448. The van der Waals surface area contributed by atoms with Crippen LogP contribution in [0.4, 0.5) is 29.1 Å². The van der Waals surface area contributed by atoms with Crippen molar-refractivity contribution in [3.8, 4) is 11.3 Å². The van der Waals surface area contributed by atoms with Crippen LogP contribution in [0, 0.1) is 17.7 Å². The van der Waals surface area contributed by atoms with Gasteiger partial charge in [0.25, 0.3) is 5.91 Å². The van der Waals surface area contributed by atoms with E-state index in [0.29, 0.717) is 38.6 Å². The van der Waals surface area contributed by atoms with Crippen molar-refractivity contribution in [2.24, 2.45) is 11.8 Å². The highest BCUT2D eigenvalue weighted by atomic mass is 35.5. The minimum Gasteiger partial charge on any atom is -0.339 e. The monoisotopic (exact) mass is 660 g/mol. The number of amides is 2. The Morgan fingerprint density at radius 3 is 2.37 bits per heavy atom. The quantitative estimate of drug-likeness (QED) is 0.252. The van der Waals surface area contributed by atoms with Crippen LogP contribution >= 0.6 is 12.4 Å². The second kappa shape index (κ2) is 12.5. The van der Waals surface area contributed by atoms with Gasteiger partial charge in [-0.1, -0.05) is 12.8 Å². The first-order chi connectivity index (χ1) is 21.7. The van der Waals surface area contributed by atoms with Gasteiger partial charge in [0.2, 0.25) is 5.91 Å². The Kier molecular flexibility index (Phi) is 8.66. The number of halogens is 5. The summed E-state index contributed by atoms with van der Waals surface area (Å²) in [6, 6.07) is 4.09. The highest BCUT2D eigenvalue weighted by Crippen LogP contribution is 2.38. The topological polar surface area (TPSA) is 101 Å². The van der Waals surface area contributed by atoms with Gasteiger partial charge in [-0.2, -0.15) is 18.3 Å². The van der Waals surface area contributed by atoms with Gasteiger partial charge in [-0.3, -0.25) is 18.7 Å². The third-order valence-corrected chi connectivity index (χ3v) is 8.92. The molecule has 1 aromatic carbocycles. The summed E-state index contributed by atoms with van der Waals surface area (Å²) in [7, 11) is 0. The summed E-state index contributed by atoms with van der Waals surface area (Å²) in [6.45, 7) is 1.95. The maximum atomic E-state index is 15.3. The molecule has 15 heteroatoms. The Bertz CT molecular complexity index is 1750. The van der Waals surface area contributed by atoms with Crippen molar-refractivity contribution >= 4 is 41.4 Å². The fourth-order valence-electron chi connectivity index (χ4n) is 6.32. The van der Waals surface area contributed by atoms with Crippen LogP contribution in [-0.4, -0.2) is 71.9 Å². The molecule has 0 unspecified atom stereocenters. The second-order valence-electron chi connectivity index (χ2n) is 12.1. The first-order valence-electron chi connectivity index (χ1n) is 15.3. The number of anilines is 2. The molecule has 0 spiro atoms. The van der Waals surface area contributed by atoms with Crippen molar-refractivity contribution in [2.45, 2.75) is 51.2 Å². The molecule has 10 nitrogen and oxygen atoms in total. The number of hydrogen-bond donors (Lipinski definition) is 1. The summed E-state index contributed by atoms with van der Waals surface area (Å²) < 4.78 is 59.8. The molecule has 2 amide bonds. The number of piperazine rings is 1. The lowest BCUT2D eigenvalue weighted by molar-refractivity contribution is -0.141. The van der Waals surface area contributed by atoms with Crippen molar-refractivity contribution in [1.29, 1.82) is 0 Å². The van der Waals surface area contributed by atoms with E-state index in [1.807, 2.05) is 4.90 Å². The lowest BCUT2D eigenvalue weighted by Crippen LogP contribution is -2.51. The average Bonchev–Trinajstić information content (AvgIpc) is 3.39. The zero-order valence-corrected chi connectivity index (χ0v) is 25.7. The molecule has 0 atom stereocenters. The third kappa shape index (κ3) is 6.26. The molecule has 3 fully saturated rings. The van der Waals surface area contributed by atoms with E-state index < -0.39 is 23.6 Å². The molecule has 4 aromatic rings. The molecule has 2 saturated carbocycles. The summed E-state index contributed by atoms with van der Waals surface area (Å²) in [4.78, 5) is 37.8. The van der Waals surface area contributed by atoms with E-state index in [2.05, 4.69) is 20.4 Å². The number of hydrogen-bond acceptors (Lipinski definition) is 6. The largest absolute Gasteiger partial charge is 0.435 e. The fourth-order valence-corrected chi connectivity index (χ4v) is 6.32. The van der Waals surface area contributed by atoms with Crippen molar-refractivity contribution in [3.63, 3.8) is 0 Å². The summed E-state index contributed by atoms with van der Waals surface area (Å²) in [5.74, 6) is -0.420. The Balaban J connectivity index is 0.00000372. The highest BCUT2D eigenvalue weighted by molar-refractivity contribution is 5.95. The van der Waals surface area contributed by atoms with Crippen LogP contribution in [0.15, 0.2) is 43.0 Å². The minimum absolute atomic E-state index is 0. The van der Waals surface area contributed by atoms with Crippen LogP contribution < -0.4 is 5.32 Å². The number of alkyl halides is 3. The summed E-state index contributed by atoms with van der Waals surface area (Å²) in [5, 5.41) is 6.82. The van der Waals surface area contributed by atoms with Gasteiger partial charge in [0.05, 0.1) is 23.0 Å². The number of imidazole rings is 1. The van der Waals surface area contributed by atoms with Crippen molar-refractivity contribution in [1.82, 2.24) is 33.9 Å². The van der Waals surface area contributed by atoms with E-state index in [0.717, 1.165) is 38.5 Å². The molecule has 2 aliphatic carbocycles. The SMILES string of the molecule is Cl.O=C(c1ccc(Nc2nccn3c(-c4cn(CC5CC5)nc4C(F)(F)F)cnc23)cc1F)N1CCN(C(=O)C2CCCC2)CC1. The van der Waals surface area contributed by atoms with E-state index in [-0.39, 0.29) is 58.2 Å². The zero-order valence-electron chi connectivity index (χ0n) is 24.8. The minimum atomic E-state index is -4.65. The molecule has 4 heterocycles. The molecule has 7 rings (SSSR count). The van der Waals surface area contributed by atoms with Crippen LogP contribution in [-0.2, 0) is 17.5 Å². The lowest BCUT2D eigenvalue weighted by Gasteiger charge is -2.36. The predicted octanol–water partition coefficient (Wildman–Crippen LogP) is 5.80. The first-order valence-corrected chi connectivity index (χ1v) is 15.3.